The Labute approximate surface area is 79.7 Å². The molecule has 0 radical (unpaired) electrons. The Morgan fingerprint density at radius 3 is 2.57 bits per heavy atom. The van der Waals surface area contributed by atoms with Crippen LogP contribution in [0.25, 0.3) is 0 Å². The number of nitrogens with zero attached hydrogens (tertiary/aromatic N) is 1. The molecular weight excluding hydrogens is 187 g/mol. The molecule has 0 aromatic heterocycles. The van der Waals surface area contributed by atoms with Gasteiger partial charge in [0.2, 0.25) is 0 Å². The number of rotatable bonds is 2. The summed E-state index contributed by atoms with van der Waals surface area (Å²) in [5.74, 6) is -0.394. The number of anilines is 1. The zero-order valence-electron chi connectivity index (χ0n) is 7.37. The maximum Gasteiger partial charge on any atom is 0.274 e. The van der Waals surface area contributed by atoms with Gasteiger partial charge in [-0.2, -0.15) is 0 Å². The number of halogens is 1. The van der Waals surface area contributed by atoms with E-state index in [2.05, 4.69) is 0 Å². The van der Waals surface area contributed by atoms with Gasteiger partial charge in [-0.3, -0.25) is 10.1 Å². The van der Waals surface area contributed by atoms with Gasteiger partial charge in [-0.15, -0.1) is 0 Å². The van der Waals surface area contributed by atoms with E-state index in [0.29, 0.717) is 5.56 Å². The molecule has 0 bridgehead atoms. The molecule has 1 aromatic rings. The summed E-state index contributed by atoms with van der Waals surface area (Å²) in [6, 6.07) is 2.15. The lowest BCUT2D eigenvalue weighted by molar-refractivity contribution is -0.385. The van der Waals surface area contributed by atoms with Crippen molar-refractivity contribution in [2.75, 3.05) is 5.73 Å². The van der Waals surface area contributed by atoms with Crippen molar-refractivity contribution in [3.8, 4) is 0 Å². The van der Waals surface area contributed by atoms with Crippen LogP contribution < -0.4 is 5.73 Å². The summed E-state index contributed by atoms with van der Waals surface area (Å²) >= 11 is 0. The molecule has 5 heteroatoms. The molecule has 0 unspecified atom stereocenters. The van der Waals surface area contributed by atoms with Crippen LogP contribution in [0.5, 0.6) is 0 Å². The quantitative estimate of drug-likeness (QED) is 0.447. The zero-order chi connectivity index (χ0) is 10.3. The van der Waals surface area contributed by atoms with E-state index in [-0.39, 0.29) is 17.3 Å². The van der Waals surface area contributed by atoms with Gasteiger partial charge in [-0.1, -0.05) is 0 Å². The van der Waals surface area contributed by atoms with Crippen LogP contribution in [0.1, 0.15) is 24.3 Å². The molecule has 0 aliphatic heterocycles. The predicted octanol–water partition coefficient (Wildman–Crippen LogP) is 2.19. The normalized spacial score (nSPS) is 15.5. The summed E-state index contributed by atoms with van der Waals surface area (Å²) < 4.78 is 13.4. The molecule has 14 heavy (non-hydrogen) atoms. The van der Waals surface area contributed by atoms with Gasteiger partial charge in [0.15, 0.2) is 0 Å². The topological polar surface area (TPSA) is 69.2 Å². The lowest BCUT2D eigenvalue weighted by Crippen LogP contribution is -1.99. The standard InChI is InChI=1S/C9H9FN2O2/c10-7-3-6(12(13)14)4-8(11)9(7)5-1-2-5/h3-5H,1-2,11H2. The summed E-state index contributed by atoms with van der Waals surface area (Å²) in [7, 11) is 0. The lowest BCUT2D eigenvalue weighted by atomic mass is 10.1. The highest BCUT2D eigenvalue weighted by atomic mass is 19.1. The molecule has 0 amide bonds. The average Bonchev–Trinajstić information content (AvgIpc) is 2.86. The zero-order valence-corrected chi connectivity index (χ0v) is 7.37. The van der Waals surface area contributed by atoms with Crippen LogP contribution in [0.2, 0.25) is 0 Å². The second-order valence-corrected chi connectivity index (χ2v) is 3.46. The average molecular weight is 196 g/mol. The molecule has 0 spiro atoms. The maximum absolute atomic E-state index is 13.4. The fraction of sp³-hybridized carbons (Fsp3) is 0.333. The molecule has 0 heterocycles. The molecule has 0 atom stereocenters. The molecule has 4 nitrogen and oxygen atoms in total. The Bertz CT molecular complexity index is 379. The first kappa shape index (κ1) is 8.93. The molecule has 1 aliphatic carbocycles. The van der Waals surface area contributed by atoms with E-state index < -0.39 is 10.7 Å². The number of nitro benzene ring substituents is 1. The lowest BCUT2D eigenvalue weighted by Gasteiger charge is -2.04. The molecular formula is C9H9FN2O2. The Balaban J connectivity index is 2.49. The van der Waals surface area contributed by atoms with E-state index in [0.717, 1.165) is 18.9 Å². The van der Waals surface area contributed by atoms with Gasteiger partial charge in [0, 0.05) is 17.3 Å². The van der Waals surface area contributed by atoms with Crippen LogP contribution in [0, 0.1) is 15.9 Å². The van der Waals surface area contributed by atoms with Crippen LogP contribution in [-0.4, -0.2) is 4.92 Å². The highest BCUT2D eigenvalue weighted by molar-refractivity contribution is 5.57. The van der Waals surface area contributed by atoms with Gasteiger partial charge in [0.1, 0.15) is 5.82 Å². The van der Waals surface area contributed by atoms with E-state index in [1.165, 1.54) is 6.07 Å². The van der Waals surface area contributed by atoms with Crippen molar-refractivity contribution in [1.29, 1.82) is 0 Å². The summed E-state index contributed by atoms with van der Waals surface area (Å²) in [4.78, 5) is 9.74. The fourth-order valence-electron chi connectivity index (χ4n) is 1.53. The van der Waals surface area contributed by atoms with Crippen LogP contribution >= 0.6 is 0 Å². The third-order valence-electron chi connectivity index (χ3n) is 2.34. The first-order valence-electron chi connectivity index (χ1n) is 4.33. The van der Waals surface area contributed by atoms with Crippen LogP contribution in [-0.2, 0) is 0 Å². The Kier molecular flexibility index (Phi) is 1.87. The van der Waals surface area contributed by atoms with Crippen molar-refractivity contribution in [2.24, 2.45) is 0 Å². The molecule has 2 rings (SSSR count). The highest BCUT2D eigenvalue weighted by Crippen LogP contribution is 2.44. The van der Waals surface area contributed by atoms with Crippen molar-refractivity contribution in [1.82, 2.24) is 0 Å². The Morgan fingerprint density at radius 1 is 1.50 bits per heavy atom. The van der Waals surface area contributed by atoms with E-state index >= 15 is 0 Å². The summed E-state index contributed by atoms with van der Waals surface area (Å²) in [6.45, 7) is 0. The second-order valence-electron chi connectivity index (χ2n) is 3.46. The minimum absolute atomic E-state index is 0.163. The summed E-state index contributed by atoms with van der Waals surface area (Å²) in [6.07, 6.45) is 1.83. The third-order valence-corrected chi connectivity index (χ3v) is 2.34. The second kappa shape index (κ2) is 2.94. The van der Waals surface area contributed by atoms with Crippen molar-refractivity contribution in [3.63, 3.8) is 0 Å². The number of nitrogen functional groups attached to an aromatic ring is 1. The van der Waals surface area contributed by atoms with E-state index in [1.807, 2.05) is 0 Å². The van der Waals surface area contributed by atoms with Crippen LogP contribution in [0.4, 0.5) is 15.8 Å². The largest absolute Gasteiger partial charge is 0.398 e. The van der Waals surface area contributed by atoms with Gasteiger partial charge in [0.25, 0.3) is 5.69 Å². The molecule has 74 valence electrons. The Hall–Kier alpha value is -1.65. The van der Waals surface area contributed by atoms with Gasteiger partial charge >= 0.3 is 0 Å². The maximum atomic E-state index is 13.4. The van der Waals surface area contributed by atoms with Gasteiger partial charge in [-0.05, 0) is 18.8 Å². The van der Waals surface area contributed by atoms with Gasteiger partial charge < -0.3 is 5.73 Å². The monoisotopic (exact) mass is 196 g/mol. The van der Waals surface area contributed by atoms with Crippen LogP contribution in [0.3, 0.4) is 0 Å². The fourth-order valence-corrected chi connectivity index (χ4v) is 1.53. The smallest absolute Gasteiger partial charge is 0.274 e. The molecule has 1 aromatic carbocycles. The number of non-ortho nitro benzene ring substituents is 1. The van der Waals surface area contributed by atoms with Gasteiger partial charge in [0.05, 0.1) is 11.0 Å². The molecule has 1 saturated carbocycles. The van der Waals surface area contributed by atoms with Gasteiger partial charge in [-0.25, -0.2) is 4.39 Å². The van der Waals surface area contributed by atoms with Crippen molar-refractivity contribution < 1.29 is 9.31 Å². The molecule has 1 aliphatic rings. The highest BCUT2D eigenvalue weighted by Gasteiger charge is 2.30. The number of benzene rings is 1. The molecule has 1 fully saturated rings. The van der Waals surface area contributed by atoms with Crippen molar-refractivity contribution in [2.45, 2.75) is 18.8 Å². The molecule has 0 saturated heterocycles. The summed E-state index contributed by atoms with van der Waals surface area (Å²) in [5, 5.41) is 10.4. The number of nitro groups is 1. The number of nitrogens with two attached hydrogens (primary N) is 1. The number of hydrogen-bond acceptors (Lipinski definition) is 3. The third kappa shape index (κ3) is 1.41. The summed E-state index contributed by atoms with van der Waals surface area (Å²) in [5.41, 5.74) is 5.90. The SMILES string of the molecule is Nc1cc([N+](=O)[O-])cc(F)c1C1CC1. The molecule has 2 N–H and O–H groups in total. The minimum Gasteiger partial charge on any atom is -0.398 e. The Morgan fingerprint density at radius 2 is 2.14 bits per heavy atom. The first-order chi connectivity index (χ1) is 6.59. The minimum atomic E-state index is -0.643. The van der Waals surface area contributed by atoms with E-state index in [1.54, 1.807) is 0 Å². The van der Waals surface area contributed by atoms with Crippen molar-refractivity contribution in [3.05, 3.63) is 33.6 Å². The van der Waals surface area contributed by atoms with Crippen molar-refractivity contribution >= 4 is 11.4 Å². The van der Waals surface area contributed by atoms with E-state index in [4.69, 9.17) is 5.73 Å². The van der Waals surface area contributed by atoms with Crippen LogP contribution in [0.15, 0.2) is 12.1 Å². The number of hydrogen-bond donors (Lipinski definition) is 1. The predicted molar refractivity (Wildman–Crippen MR) is 49.4 cm³/mol. The van der Waals surface area contributed by atoms with E-state index in [9.17, 15) is 14.5 Å². The first-order valence-corrected chi connectivity index (χ1v) is 4.33.